The second-order valence-electron chi connectivity index (χ2n) is 6.48. The van der Waals surface area contributed by atoms with Gasteiger partial charge in [-0.2, -0.15) is 0 Å². The number of allylic oxidation sites excluding steroid dienone is 1. The number of aliphatic hydroxyl groups is 2. The van der Waals surface area contributed by atoms with Crippen LogP contribution in [0.2, 0.25) is 0 Å². The van der Waals surface area contributed by atoms with Crippen LogP contribution in [0.4, 0.5) is 5.82 Å². The highest BCUT2D eigenvalue weighted by Crippen LogP contribution is 2.33. The van der Waals surface area contributed by atoms with Gasteiger partial charge in [-0.3, -0.25) is 15.0 Å². The van der Waals surface area contributed by atoms with Gasteiger partial charge in [0.2, 0.25) is 0 Å². The van der Waals surface area contributed by atoms with E-state index in [0.717, 1.165) is 0 Å². The van der Waals surface area contributed by atoms with E-state index in [1.165, 1.54) is 19.5 Å². The van der Waals surface area contributed by atoms with Crippen LogP contribution >= 0.6 is 0 Å². The number of hydrogen-bond acceptors (Lipinski definition) is 10. The molecule has 0 spiro atoms. The van der Waals surface area contributed by atoms with Crippen LogP contribution in [-0.2, 0) is 14.3 Å². The number of aryl methyl sites for hydroxylation is 1. The molecule has 0 bridgehead atoms. The molecule has 0 radical (unpaired) electrons. The second-order valence-corrected chi connectivity index (χ2v) is 6.48. The molecule has 1 saturated heterocycles. The molecule has 29 heavy (non-hydrogen) atoms. The van der Waals surface area contributed by atoms with Crippen molar-refractivity contribution in [2.75, 3.05) is 25.8 Å². The summed E-state index contributed by atoms with van der Waals surface area (Å²) in [5.74, 6) is 0.296. The zero-order valence-corrected chi connectivity index (χ0v) is 17.6. The quantitative estimate of drug-likeness (QED) is 0.440. The number of anilines is 1. The highest BCUT2D eigenvalue weighted by Gasteiger charge is 2.51. The molecule has 1 aliphatic heterocycles. The Morgan fingerprint density at radius 2 is 2.17 bits per heavy atom. The maximum Gasteiger partial charge on any atom is 0.278 e. The third-order valence-corrected chi connectivity index (χ3v) is 4.82. The molecular weight excluding hydrogens is 384 g/mol. The summed E-state index contributed by atoms with van der Waals surface area (Å²) >= 11 is 0. The summed E-state index contributed by atoms with van der Waals surface area (Å²) in [5.41, 5.74) is 2.69. The first-order valence-electron chi connectivity index (χ1n) is 9.17. The number of nitrogens with zero attached hydrogens (tertiary/aromatic N) is 3. The molecule has 3 N–H and O–H groups in total. The van der Waals surface area contributed by atoms with Crippen LogP contribution in [0.1, 0.15) is 39.0 Å². The van der Waals surface area contributed by atoms with Crippen molar-refractivity contribution < 1.29 is 29.4 Å². The number of nitro groups is 1. The molecule has 11 heteroatoms. The minimum Gasteiger partial charge on any atom is -0.394 e. The van der Waals surface area contributed by atoms with Crippen LogP contribution in [0.3, 0.4) is 0 Å². The van der Waals surface area contributed by atoms with E-state index < -0.39 is 22.7 Å². The largest absolute Gasteiger partial charge is 0.394 e. The lowest BCUT2D eigenvalue weighted by Gasteiger charge is -2.29. The van der Waals surface area contributed by atoms with E-state index in [4.69, 9.17) is 19.4 Å². The van der Waals surface area contributed by atoms with Gasteiger partial charge in [0, 0.05) is 7.11 Å². The smallest absolute Gasteiger partial charge is 0.278 e. The van der Waals surface area contributed by atoms with Crippen LogP contribution in [-0.4, -0.2) is 69.3 Å². The zero-order chi connectivity index (χ0) is 22.2. The fraction of sp³-hybridized carbons (Fsp3) is 0.667. The molecule has 2 rings (SSSR count). The third-order valence-electron chi connectivity index (χ3n) is 4.82. The van der Waals surface area contributed by atoms with E-state index in [1.54, 1.807) is 27.7 Å². The fourth-order valence-corrected chi connectivity index (χ4v) is 2.85. The number of ether oxygens (including phenoxy) is 2. The van der Waals surface area contributed by atoms with Crippen molar-refractivity contribution in [2.24, 2.45) is 0 Å². The Morgan fingerprint density at radius 1 is 1.52 bits per heavy atom. The molecule has 0 saturated carbocycles. The number of hydrogen-bond donors (Lipinski definition) is 3. The van der Waals surface area contributed by atoms with E-state index in [1.807, 2.05) is 6.92 Å². The van der Waals surface area contributed by atoms with E-state index in [2.05, 4.69) is 15.4 Å². The Kier molecular flexibility index (Phi) is 9.53. The number of methoxy groups -OCH3 is 1. The maximum atomic E-state index is 10.9. The third kappa shape index (κ3) is 5.67. The topological polar surface area (TPSA) is 149 Å². The molecule has 1 fully saturated rings. The van der Waals surface area contributed by atoms with E-state index >= 15 is 0 Å². The van der Waals surface area contributed by atoms with Gasteiger partial charge in [0.25, 0.3) is 5.70 Å². The predicted molar refractivity (Wildman–Crippen MR) is 106 cm³/mol. The lowest BCUT2D eigenvalue weighted by molar-refractivity contribution is -0.375. The van der Waals surface area contributed by atoms with Crippen molar-refractivity contribution in [3.05, 3.63) is 33.8 Å². The molecule has 2 heterocycles. The van der Waals surface area contributed by atoms with Crippen molar-refractivity contribution in [1.29, 1.82) is 0 Å². The van der Waals surface area contributed by atoms with E-state index in [9.17, 15) is 15.2 Å². The Labute approximate surface area is 169 Å². The first-order chi connectivity index (χ1) is 13.7. The van der Waals surface area contributed by atoms with Crippen LogP contribution in [0, 0.1) is 17.0 Å². The Balaban J connectivity index is 0.000000308. The number of aliphatic hydroxyl groups excluding tert-OH is 2. The van der Waals surface area contributed by atoms with Gasteiger partial charge in [0.1, 0.15) is 29.7 Å². The first-order valence-corrected chi connectivity index (χ1v) is 9.17. The summed E-state index contributed by atoms with van der Waals surface area (Å²) in [6, 6.07) is 0. The SMILES string of the molecule is C/C=C(\c1c(C)ncnc1NOCC)[N+](=O)[O-].COC1(C)C(C)OC(CO)C1O. The Hall–Kier alpha value is -2.18. The highest BCUT2D eigenvalue weighted by molar-refractivity contribution is 5.70. The summed E-state index contributed by atoms with van der Waals surface area (Å²) in [7, 11) is 1.53. The van der Waals surface area contributed by atoms with Crippen LogP contribution < -0.4 is 5.48 Å². The molecule has 0 amide bonds. The van der Waals surface area contributed by atoms with E-state index in [0.29, 0.717) is 23.7 Å². The van der Waals surface area contributed by atoms with Gasteiger partial charge in [-0.15, -0.1) is 0 Å². The molecule has 1 aliphatic rings. The van der Waals surface area contributed by atoms with Crippen molar-refractivity contribution >= 4 is 11.5 Å². The Bertz CT molecular complexity index is 715. The van der Waals surface area contributed by atoms with Gasteiger partial charge in [-0.25, -0.2) is 15.4 Å². The molecule has 4 unspecified atom stereocenters. The monoisotopic (exact) mass is 414 g/mol. The lowest BCUT2D eigenvalue weighted by Crippen LogP contribution is -2.46. The highest BCUT2D eigenvalue weighted by atomic mass is 16.6. The number of aromatic nitrogens is 2. The predicted octanol–water partition coefficient (Wildman–Crippen LogP) is 1.32. The van der Waals surface area contributed by atoms with Gasteiger partial charge < -0.3 is 19.7 Å². The second kappa shape index (κ2) is 11.1. The molecule has 11 nitrogen and oxygen atoms in total. The van der Waals surface area contributed by atoms with Gasteiger partial charge in [-0.05, 0) is 40.7 Å². The summed E-state index contributed by atoms with van der Waals surface area (Å²) in [5, 5.41) is 29.4. The summed E-state index contributed by atoms with van der Waals surface area (Å²) in [4.78, 5) is 23.3. The number of nitrogens with one attached hydrogen (secondary N) is 1. The van der Waals surface area contributed by atoms with Gasteiger partial charge in [-0.1, -0.05) is 0 Å². The molecular formula is C18H30N4O7. The fourth-order valence-electron chi connectivity index (χ4n) is 2.85. The summed E-state index contributed by atoms with van der Waals surface area (Å²) in [6.45, 7) is 8.91. The van der Waals surface area contributed by atoms with Crippen LogP contribution in [0.5, 0.6) is 0 Å². The summed E-state index contributed by atoms with van der Waals surface area (Å²) in [6.07, 6.45) is 1.25. The molecule has 4 atom stereocenters. The van der Waals surface area contributed by atoms with Gasteiger partial charge in [0.15, 0.2) is 5.82 Å². The van der Waals surface area contributed by atoms with Crippen molar-refractivity contribution in [3.8, 4) is 0 Å². The maximum absolute atomic E-state index is 10.9. The molecule has 164 valence electrons. The van der Waals surface area contributed by atoms with Gasteiger partial charge >= 0.3 is 0 Å². The van der Waals surface area contributed by atoms with Crippen molar-refractivity contribution in [2.45, 2.75) is 58.5 Å². The minimum absolute atomic E-state index is 0.0506. The average molecular weight is 414 g/mol. The van der Waals surface area contributed by atoms with Crippen LogP contribution in [0.25, 0.3) is 5.70 Å². The van der Waals surface area contributed by atoms with Gasteiger partial charge in [0.05, 0.1) is 29.9 Å². The normalized spacial score (nSPS) is 26.6. The van der Waals surface area contributed by atoms with Crippen molar-refractivity contribution in [3.63, 3.8) is 0 Å². The standard InChI is InChI=1S/C10H14N4O3.C8H16O4/c1-4-8(14(15)16)9-7(3)11-6-12-10(9)13-17-5-2;1-5-8(2,11-3)7(10)6(4-9)12-5/h4,6H,5H2,1-3H3,(H,11,12,13);5-7,9-10H,4H2,1-3H3/b8-4+;. The first kappa shape index (κ1) is 24.9. The number of rotatable bonds is 7. The summed E-state index contributed by atoms with van der Waals surface area (Å²) < 4.78 is 10.5. The minimum atomic E-state index is -0.762. The molecule has 0 aliphatic carbocycles. The molecule has 1 aromatic rings. The molecule has 0 aromatic carbocycles. The Morgan fingerprint density at radius 3 is 2.59 bits per heavy atom. The zero-order valence-electron chi connectivity index (χ0n) is 17.6. The van der Waals surface area contributed by atoms with E-state index in [-0.39, 0.29) is 18.4 Å². The average Bonchev–Trinajstić information content (AvgIpc) is 2.92. The lowest BCUT2D eigenvalue weighted by atomic mass is 9.93. The van der Waals surface area contributed by atoms with Crippen LogP contribution in [0.15, 0.2) is 12.4 Å². The van der Waals surface area contributed by atoms with Crippen molar-refractivity contribution in [1.82, 2.24) is 9.97 Å². The molecule has 1 aromatic heterocycles.